The minimum absolute atomic E-state index is 0.0457. The van der Waals surface area contributed by atoms with Crippen LogP contribution in [0.25, 0.3) is 0 Å². The van der Waals surface area contributed by atoms with Gasteiger partial charge in [0.25, 0.3) is 5.91 Å². The summed E-state index contributed by atoms with van der Waals surface area (Å²) in [6.07, 6.45) is 1.39. The molecule has 3 aliphatic heterocycles. The molecule has 3 aliphatic rings. The normalized spacial score (nSPS) is 25.4. The summed E-state index contributed by atoms with van der Waals surface area (Å²) < 4.78 is 31.5. The summed E-state index contributed by atoms with van der Waals surface area (Å²) in [4.78, 5) is 43.5. The summed E-state index contributed by atoms with van der Waals surface area (Å²) in [5.74, 6) is -0.934. The number of fused-ring (bicyclic) bond motifs is 4. The third-order valence-corrected chi connectivity index (χ3v) is 8.25. The molecule has 226 valence electrons. The minimum atomic E-state index is -0.819. The first-order valence-electron chi connectivity index (χ1n) is 14.2. The first-order chi connectivity index (χ1) is 20.3. The highest BCUT2D eigenvalue weighted by Gasteiger charge is 2.38. The SMILES string of the molecule is COCC(=O)N[C@@H]1CC[C@H]2CCOc3ccccc3C(=O)N3CCN(Cc4ccc(Cl)c(F)c4)C[C@H]3C(=O)NC[C@H]1O2. The lowest BCUT2D eigenvalue weighted by atomic mass is 9.96. The van der Waals surface area contributed by atoms with Gasteiger partial charge in [-0.25, -0.2) is 4.39 Å². The van der Waals surface area contributed by atoms with Crippen LogP contribution in [0, 0.1) is 5.82 Å². The second kappa shape index (κ2) is 13.8. The highest BCUT2D eigenvalue weighted by Crippen LogP contribution is 2.27. The molecule has 2 fully saturated rings. The second-order valence-corrected chi connectivity index (χ2v) is 11.3. The maximum Gasteiger partial charge on any atom is 0.258 e. The average molecular weight is 603 g/mol. The Morgan fingerprint density at radius 1 is 1.17 bits per heavy atom. The Kier molecular flexibility index (Phi) is 9.94. The summed E-state index contributed by atoms with van der Waals surface area (Å²) in [5, 5.41) is 6.00. The van der Waals surface area contributed by atoms with Crippen molar-refractivity contribution in [2.75, 3.05) is 46.5 Å². The fourth-order valence-corrected chi connectivity index (χ4v) is 5.92. The lowest BCUT2D eigenvalue weighted by Crippen LogP contribution is -2.62. The van der Waals surface area contributed by atoms with E-state index < -0.39 is 18.0 Å². The van der Waals surface area contributed by atoms with E-state index in [9.17, 15) is 18.8 Å². The predicted octanol–water partition coefficient (Wildman–Crippen LogP) is 2.38. The van der Waals surface area contributed by atoms with Crippen LogP contribution in [0.1, 0.15) is 35.2 Å². The number of piperazine rings is 1. The number of amides is 3. The van der Waals surface area contributed by atoms with E-state index in [-0.39, 0.29) is 54.6 Å². The maximum atomic E-state index is 14.1. The Morgan fingerprint density at radius 2 is 2.00 bits per heavy atom. The molecule has 3 amide bonds. The maximum absolute atomic E-state index is 14.1. The molecule has 2 N–H and O–H groups in total. The topological polar surface area (TPSA) is 109 Å². The molecule has 12 heteroatoms. The standard InChI is InChI=1S/C30H36ClFN4O6/c1-40-18-28(37)34-24-9-7-20-10-13-41-26-5-3-2-4-21(26)30(39)36-12-11-35(16-19-6-8-22(31)23(32)14-19)17-25(36)29(38)33-15-27(24)42-20/h2-6,8,14,20,24-25,27H,7,9-13,15-18H2,1H3,(H,33,38)(H,34,37)/t20-,24+,25-,27+/m0/s1. The van der Waals surface area contributed by atoms with Crippen molar-refractivity contribution in [1.82, 2.24) is 20.4 Å². The monoisotopic (exact) mass is 602 g/mol. The van der Waals surface area contributed by atoms with Crippen molar-refractivity contribution in [3.05, 3.63) is 64.4 Å². The quantitative estimate of drug-likeness (QED) is 0.541. The van der Waals surface area contributed by atoms with Gasteiger partial charge in [-0.3, -0.25) is 19.3 Å². The van der Waals surface area contributed by atoms with Crippen LogP contribution in [-0.2, 0) is 25.6 Å². The molecule has 0 spiro atoms. The number of ether oxygens (including phenoxy) is 3. The van der Waals surface area contributed by atoms with Crippen LogP contribution >= 0.6 is 11.6 Å². The average Bonchev–Trinajstić information content (AvgIpc) is 2.98. The van der Waals surface area contributed by atoms with E-state index in [1.807, 2.05) is 11.0 Å². The van der Waals surface area contributed by atoms with Crippen molar-refractivity contribution >= 4 is 29.3 Å². The van der Waals surface area contributed by atoms with Crippen LogP contribution in [0.4, 0.5) is 4.39 Å². The smallest absolute Gasteiger partial charge is 0.258 e. The van der Waals surface area contributed by atoms with Crippen molar-refractivity contribution in [3.8, 4) is 5.75 Å². The van der Waals surface area contributed by atoms with Gasteiger partial charge in [0, 0.05) is 46.3 Å². The van der Waals surface area contributed by atoms with Crippen LogP contribution in [0.3, 0.4) is 0 Å². The van der Waals surface area contributed by atoms with E-state index >= 15 is 0 Å². The van der Waals surface area contributed by atoms with E-state index in [1.165, 1.54) is 19.2 Å². The molecule has 3 heterocycles. The number of halogens is 2. The third-order valence-electron chi connectivity index (χ3n) is 7.95. The van der Waals surface area contributed by atoms with Crippen LogP contribution in [0.5, 0.6) is 5.75 Å². The number of carbonyl (C=O) groups is 3. The summed E-state index contributed by atoms with van der Waals surface area (Å²) in [6.45, 7) is 1.85. The molecule has 2 bridgehead atoms. The lowest BCUT2D eigenvalue weighted by Gasteiger charge is -2.42. The fourth-order valence-electron chi connectivity index (χ4n) is 5.80. The first-order valence-corrected chi connectivity index (χ1v) is 14.6. The number of carbonyl (C=O) groups excluding carboxylic acids is 3. The first kappa shape index (κ1) is 30.2. The summed E-state index contributed by atoms with van der Waals surface area (Å²) in [5.41, 5.74) is 1.11. The molecule has 0 unspecified atom stereocenters. The molecule has 0 aliphatic carbocycles. The Hall–Kier alpha value is -3.25. The van der Waals surface area contributed by atoms with Gasteiger partial charge >= 0.3 is 0 Å². The Labute approximate surface area is 249 Å². The Morgan fingerprint density at radius 3 is 2.81 bits per heavy atom. The predicted molar refractivity (Wildman–Crippen MR) is 153 cm³/mol. The van der Waals surface area contributed by atoms with E-state index in [1.54, 1.807) is 29.2 Å². The highest BCUT2D eigenvalue weighted by atomic mass is 35.5. The second-order valence-electron chi connectivity index (χ2n) is 10.9. The van der Waals surface area contributed by atoms with Crippen molar-refractivity contribution in [3.63, 3.8) is 0 Å². The molecule has 10 nitrogen and oxygen atoms in total. The van der Waals surface area contributed by atoms with Crippen LogP contribution in [0.2, 0.25) is 5.02 Å². The van der Waals surface area contributed by atoms with Gasteiger partial charge in [0.15, 0.2) is 0 Å². The number of nitrogens with zero attached hydrogens (tertiary/aromatic N) is 2. The molecular formula is C30H36ClFN4O6. The van der Waals surface area contributed by atoms with Gasteiger partial charge < -0.3 is 29.7 Å². The van der Waals surface area contributed by atoms with Crippen molar-refractivity contribution in [2.24, 2.45) is 0 Å². The van der Waals surface area contributed by atoms with Gasteiger partial charge in [0.2, 0.25) is 11.8 Å². The zero-order valence-corrected chi connectivity index (χ0v) is 24.3. The minimum Gasteiger partial charge on any atom is -0.493 e. The van der Waals surface area contributed by atoms with Crippen LogP contribution in [-0.4, -0.2) is 98.3 Å². The van der Waals surface area contributed by atoms with E-state index in [0.717, 1.165) is 0 Å². The van der Waals surface area contributed by atoms with E-state index in [4.69, 9.17) is 25.8 Å². The van der Waals surface area contributed by atoms with Crippen molar-refractivity contribution in [1.29, 1.82) is 0 Å². The number of methoxy groups -OCH3 is 1. The van der Waals surface area contributed by atoms with Gasteiger partial charge in [0.1, 0.15) is 24.2 Å². The third kappa shape index (κ3) is 7.20. The van der Waals surface area contributed by atoms with Crippen LogP contribution < -0.4 is 15.4 Å². The van der Waals surface area contributed by atoms with E-state index in [2.05, 4.69) is 10.6 Å². The van der Waals surface area contributed by atoms with Gasteiger partial charge in [-0.1, -0.05) is 29.8 Å². The Balaban J connectivity index is 1.39. The number of rotatable bonds is 5. The molecule has 2 aromatic carbocycles. The zero-order valence-electron chi connectivity index (χ0n) is 23.5. The van der Waals surface area contributed by atoms with Crippen LogP contribution in [0.15, 0.2) is 42.5 Å². The molecule has 4 atom stereocenters. The van der Waals surface area contributed by atoms with Gasteiger partial charge in [-0.15, -0.1) is 0 Å². The van der Waals surface area contributed by atoms with Crippen molar-refractivity contribution in [2.45, 2.75) is 50.1 Å². The van der Waals surface area contributed by atoms with Gasteiger partial charge in [-0.05, 0) is 42.7 Å². The van der Waals surface area contributed by atoms with Gasteiger partial charge in [0.05, 0.1) is 35.4 Å². The number of nitrogens with one attached hydrogen (secondary N) is 2. The molecule has 5 rings (SSSR count). The summed E-state index contributed by atoms with van der Waals surface area (Å²) in [7, 11) is 1.46. The summed E-state index contributed by atoms with van der Waals surface area (Å²) in [6, 6.07) is 10.6. The fraction of sp³-hybridized carbons (Fsp3) is 0.500. The lowest BCUT2D eigenvalue weighted by molar-refractivity contribution is -0.132. The molecule has 0 saturated carbocycles. The number of hydrogen-bond acceptors (Lipinski definition) is 7. The molecule has 0 radical (unpaired) electrons. The Bertz CT molecular complexity index is 1300. The molecule has 0 aromatic heterocycles. The largest absolute Gasteiger partial charge is 0.493 e. The van der Waals surface area contributed by atoms with E-state index in [0.29, 0.717) is 62.4 Å². The molecule has 2 aromatic rings. The van der Waals surface area contributed by atoms with Crippen molar-refractivity contribution < 1.29 is 33.0 Å². The van der Waals surface area contributed by atoms with Gasteiger partial charge in [-0.2, -0.15) is 0 Å². The zero-order chi connectivity index (χ0) is 29.6. The molecule has 2 saturated heterocycles. The number of benzene rings is 2. The molecular weight excluding hydrogens is 567 g/mol. The number of para-hydroxylation sites is 1. The number of hydrogen-bond donors (Lipinski definition) is 2. The highest BCUT2D eigenvalue weighted by molar-refractivity contribution is 6.30. The molecule has 42 heavy (non-hydrogen) atoms. The summed E-state index contributed by atoms with van der Waals surface area (Å²) >= 11 is 5.86.